The van der Waals surface area contributed by atoms with Crippen LogP contribution < -0.4 is 10.0 Å². The summed E-state index contributed by atoms with van der Waals surface area (Å²) < 4.78 is 33.1. The fraction of sp³-hybridized carbons (Fsp3) is 0.267. The van der Waals surface area contributed by atoms with Crippen LogP contribution in [0.3, 0.4) is 0 Å². The van der Waals surface area contributed by atoms with Crippen LogP contribution in [-0.4, -0.2) is 28.0 Å². The summed E-state index contributed by atoms with van der Waals surface area (Å²) in [4.78, 5) is 13.7. The van der Waals surface area contributed by atoms with E-state index in [1.54, 1.807) is 18.2 Å². The lowest BCUT2D eigenvalue weighted by Crippen LogP contribution is -2.21. The Kier molecular flexibility index (Phi) is 3.87. The molecular formula is C15H16N2O5S. The summed E-state index contributed by atoms with van der Waals surface area (Å²) in [7, 11) is -2.45. The molecule has 0 aliphatic carbocycles. The number of primary sulfonamides is 1. The fourth-order valence-corrected chi connectivity index (χ4v) is 3.23. The first-order valence-electron chi connectivity index (χ1n) is 6.95. The smallest absolute Gasteiger partial charge is 0.341 e. The number of carbonyl (C=O) groups excluding carboxylic acids is 1. The molecule has 3 rings (SSSR count). The summed E-state index contributed by atoms with van der Waals surface area (Å²) in [5.74, 6) is 0.0113. The van der Waals surface area contributed by atoms with Crippen LogP contribution in [0.5, 0.6) is 0 Å². The van der Waals surface area contributed by atoms with E-state index in [0.29, 0.717) is 24.4 Å². The minimum absolute atomic E-state index is 0.0655. The van der Waals surface area contributed by atoms with E-state index in [1.165, 1.54) is 19.4 Å². The van der Waals surface area contributed by atoms with Gasteiger partial charge in [0.1, 0.15) is 11.3 Å². The zero-order valence-corrected chi connectivity index (χ0v) is 13.3. The number of benzene rings is 1. The van der Waals surface area contributed by atoms with Crippen molar-refractivity contribution in [3.05, 3.63) is 47.4 Å². The zero-order valence-electron chi connectivity index (χ0n) is 12.5. The predicted octanol–water partition coefficient (Wildman–Crippen LogP) is 1.28. The highest BCUT2D eigenvalue weighted by Crippen LogP contribution is 2.32. The molecule has 1 aromatic carbocycles. The van der Waals surface area contributed by atoms with E-state index in [2.05, 4.69) is 0 Å². The van der Waals surface area contributed by atoms with Gasteiger partial charge in [-0.15, -0.1) is 0 Å². The van der Waals surface area contributed by atoms with Gasteiger partial charge in [-0.1, -0.05) is 6.07 Å². The quantitative estimate of drug-likeness (QED) is 0.844. The number of anilines is 1. The van der Waals surface area contributed by atoms with Crippen molar-refractivity contribution in [3.8, 4) is 0 Å². The number of esters is 1. The first-order valence-corrected chi connectivity index (χ1v) is 8.50. The minimum Gasteiger partial charge on any atom is -0.467 e. The molecule has 7 nitrogen and oxygen atoms in total. The number of hydrogen-bond acceptors (Lipinski definition) is 6. The van der Waals surface area contributed by atoms with Crippen LogP contribution in [0.1, 0.15) is 21.7 Å². The molecule has 0 spiro atoms. The number of rotatable bonds is 4. The SMILES string of the molecule is COC(=O)c1ccoc1CN1CCc2ccc(S(N)(=O)=O)cc21. The molecule has 0 radical (unpaired) electrons. The molecule has 2 aromatic rings. The second-order valence-electron chi connectivity index (χ2n) is 5.26. The topological polar surface area (TPSA) is 103 Å². The standard InChI is InChI=1S/C15H16N2O5S/c1-21-15(18)12-5-7-22-14(12)9-17-6-4-10-2-3-11(8-13(10)17)23(16,19)20/h2-3,5,7-8H,4,6,9H2,1H3,(H2,16,19,20). The summed E-state index contributed by atoms with van der Waals surface area (Å²) in [6.07, 6.45) is 2.22. The Hall–Kier alpha value is -2.32. The van der Waals surface area contributed by atoms with Gasteiger partial charge in [-0.3, -0.25) is 0 Å². The number of sulfonamides is 1. The Morgan fingerprint density at radius 3 is 2.87 bits per heavy atom. The molecule has 0 fully saturated rings. The highest BCUT2D eigenvalue weighted by atomic mass is 32.2. The number of methoxy groups -OCH3 is 1. The largest absolute Gasteiger partial charge is 0.467 e. The number of nitrogens with zero attached hydrogens (tertiary/aromatic N) is 1. The van der Waals surface area contributed by atoms with Gasteiger partial charge < -0.3 is 14.1 Å². The lowest BCUT2D eigenvalue weighted by molar-refractivity contribution is 0.0598. The third-order valence-corrected chi connectivity index (χ3v) is 4.77. The van der Waals surface area contributed by atoms with E-state index in [0.717, 1.165) is 17.7 Å². The molecule has 1 aliphatic heterocycles. The van der Waals surface area contributed by atoms with Crippen molar-refractivity contribution >= 4 is 21.7 Å². The number of hydrogen-bond donors (Lipinski definition) is 1. The van der Waals surface area contributed by atoms with Gasteiger partial charge in [0.15, 0.2) is 0 Å². The van der Waals surface area contributed by atoms with Gasteiger partial charge in [-0.05, 0) is 30.2 Å². The molecule has 8 heteroatoms. The molecule has 0 atom stereocenters. The van der Waals surface area contributed by atoms with Crippen molar-refractivity contribution in [2.75, 3.05) is 18.6 Å². The van der Waals surface area contributed by atoms with E-state index < -0.39 is 16.0 Å². The molecule has 1 aromatic heterocycles. The van der Waals surface area contributed by atoms with Gasteiger partial charge in [0.2, 0.25) is 10.0 Å². The van der Waals surface area contributed by atoms with Gasteiger partial charge in [-0.2, -0.15) is 0 Å². The number of carbonyl (C=O) groups is 1. The second-order valence-corrected chi connectivity index (χ2v) is 6.82. The Bertz CT molecular complexity index is 857. The molecule has 2 N–H and O–H groups in total. The average Bonchev–Trinajstić information content (AvgIpc) is 3.13. The highest BCUT2D eigenvalue weighted by Gasteiger charge is 2.24. The molecule has 1 aliphatic rings. The van der Waals surface area contributed by atoms with Crippen LogP contribution in [0.2, 0.25) is 0 Å². The van der Waals surface area contributed by atoms with Crippen LogP contribution in [0.4, 0.5) is 5.69 Å². The van der Waals surface area contributed by atoms with Crippen molar-refractivity contribution in [2.45, 2.75) is 17.9 Å². The van der Waals surface area contributed by atoms with Crippen LogP contribution in [-0.2, 0) is 27.7 Å². The van der Waals surface area contributed by atoms with Crippen LogP contribution in [0.15, 0.2) is 39.8 Å². The van der Waals surface area contributed by atoms with Crippen molar-refractivity contribution in [1.29, 1.82) is 0 Å². The summed E-state index contributed by atoms with van der Waals surface area (Å²) in [6, 6.07) is 6.38. The molecule has 0 saturated heterocycles. The maximum Gasteiger partial charge on any atom is 0.341 e. The van der Waals surface area contributed by atoms with Crippen LogP contribution in [0, 0.1) is 0 Å². The van der Waals surface area contributed by atoms with Crippen LogP contribution >= 0.6 is 0 Å². The Morgan fingerprint density at radius 1 is 1.39 bits per heavy atom. The van der Waals surface area contributed by atoms with Crippen molar-refractivity contribution < 1.29 is 22.4 Å². The van der Waals surface area contributed by atoms with E-state index in [-0.39, 0.29) is 4.90 Å². The average molecular weight is 336 g/mol. The van der Waals surface area contributed by atoms with Gasteiger partial charge in [0.05, 0.1) is 24.8 Å². The minimum atomic E-state index is -3.76. The molecule has 0 bridgehead atoms. The molecule has 0 unspecified atom stereocenters. The first-order chi connectivity index (χ1) is 10.9. The molecule has 2 heterocycles. The predicted molar refractivity (Wildman–Crippen MR) is 82.6 cm³/mol. The van der Waals surface area contributed by atoms with E-state index >= 15 is 0 Å². The van der Waals surface area contributed by atoms with Gasteiger partial charge in [0, 0.05) is 12.2 Å². The molecule has 23 heavy (non-hydrogen) atoms. The van der Waals surface area contributed by atoms with E-state index in [9.17, 15) is 13.2 Å². The van der Waals surface area contributed by atoms with Gasteiger partial charge >= 0.3 is 5.97 Å². The summed E-state index contributed by atoms with van der Waals surface area (Å²) >= 11 is 0. The summed E-state index contributed by atoms with van der Waals surface area (Å²) in [6.45, 7) is 1.04. The van der Waals surface area contributed by atoms with Gasteiger partial charge in [0.25, 0.3) is 0 Å². The first kappa shape index (κ1) is 15.6. The molecule has 0 amide bonds. The normalized spacial score (nSPS) is 13.9. The van der Waals surface area contributed by atoms with Crippen molar-refractivity contribution in [2.24, 2.45) is 5.14 Å². The van der Waals surface area contributed by atoms with Gasteiger partial charge in [-0.25, -0.2) is 18.4 Å². The lowest BCUT2D eigenvalue weighted by Gasteiger charge is -2.19. The second kappa shape index (κ2) is 5.71. The molecule has 122 valence electrons. The fourth-order valence-electron chi connectivity index (χ4n) is 2.69. The molecular weight excluding hydrogens is 320 g/mol. The third kappa shape index (κ3) is 2.95. The summed E-state index contributed by atoms with van der Waals surface area (Å²) in [5.41, 5.74) is 2.18. The van der Waals surface area contributed by atoms with Crippen molar-refractivity contribution in [1.82, 2.24) is 0 Å². The maximum atomic E-state index is 11.7. The molecule has 0 saturated carbocycles. The van der Waals surface area contributed by atoms with E-state index in [4.69, 9.17) is 14.3 Å². The van der Waals surface area contributed by atoms with Crippen molar-refractivity contribution in [3.63, 3.8) is 0 Å². The number of fused-ring (bicyclic) bond motifs is 1. The Morgan fingerprint density at radius 2 is 2.17 bits per heavy atom. The maximum absolute atomic E-state index is 11.7. The number of nitrogens with two attached hydrogens (primary N) is 1. The highest BCUT2D eigenvalue weighted by molar-refractivity contribution is 7.89. The third-order valence-electron chi connectivity index (χ3n) is 3.86. The number of furan rings is 1. The van der Waals surface area contributed by atoms with Crippen LogP contribution in [0.25, 0.3) is 0 Å². The Balaban J connectivity index is 1.91. The Labute approximate surface area is 133 Å². The van der Waals surface area contributed by atoms with E-state index in [1.807, 2.05) is 4.90 Å². The number of ether oxygens (including phenoxy) is 1. The monoisotopic (exact) mass is 336 g/mol. The lowest BCUT2D eigenvalue weighted by atomic mass is 10.2. The zero-order chi connectivity index (χ0) is 16.6. The summed E-state index contributed by atoms with van der Waals surface area (Å²) in [5, 5.41) is 5.19.